The summed E-state index contributed by atoms with van der Waals surface area (Å²) in [7, 11) is 0. The second kappa shape index (κ2) is 4.84. The van der Waals surface area contributed by atoms with Crippen molar-refractivity contribution in [3.8, 4) is 0 Å². The third-order valence-corrected chi connectivity index (χ3v) is 1.81. The molecule has 0 aliphatic rings. The average Bonchev–Trinajstić information content (AvgIpc) is 2.11. The predicted octanol–water partition coefficient (Wildman–Crippen LogP) is 2.63. The molecule has 3 N–H and O–H groups in total. The van der Waals surface area contributed by atoms with Crippen LogP contribution in [0, 0.1) is 5.82 Å². The summed E-state index contributed by atoms with van der Waals surface area (Å²) in [6.45, 7) is 1.84. The molecule has 0 saturated heterocycles. The van der Waals surface area contributed by atoms with Crippen molar-refractivity contribution in [3.05, 3.63) is 23.0 Å². The number of rotatable bonds is 2. The summed E-state index contributed by atoms with van der Waals surface area (Å²) in [6, 6.07) is 2.39. The summed E-state index contributed by atoms with van der Waals surface area (Å²) in [6.07, 6.45) is -0.759. The fourth-order valence-corrected chi connectivity index (χ4v) is 1.21. The van der Waals surface area contributed by atoms with Gasteiger partial charge in [-0.3, -0.25) is 5.32 Å². The van der Waals surface area contributed by atoms with Crippen LogP contribution in [-0.4, -0.2) is 12.7 Å². The minimum Gasteiger partial charge on any atom is -0.450 e. The number of amides is 1. The topological polar surface area (TPSA) is 64.3 Å². The molecule has 1 rings (SSSR count). The van der Waals surface area contributed by atoms with Crippen LogP contribution in [0.5, 0.6) is 0 Å². The summed E-state index contributed by atoms with van der Waals surface area (Å²) in [5, 5.41) is 2.35. The maximum absolute atomic E-state index is 13.3. The fraction of sp³-hybridized carbons (Fsp3) is 0.222. The summed E-state index contributed by atoms with van der Waals surface area (Å²) < 4.78 is 17.9. The van der Waals surface area contributed by atoms with E-state index in [4.69, 9.17) is 17.3 Å². The zero-order valence-corrected chi connectivity index (χ0v) is 8.77. The molecule has 4 nitrogen and oxygen atoms in total. The number of nitrogens with one attached hydrogen (secondary N) is 1. The Bertz CT molecular complexity index is 361. The molecule has 6 heteroatoms. The summed E-state index contributed by atoms with van der Waals surface area (Å²) in [4.78, 5) is 11.0. The van der Waals surface area contributed by atoms with Crippen molar-refractivity contribution in [1.29, 1.82) is 0 Å². The van der Waals surface area contributed by atoms with Crippen molar-refractivity contribution in [2.75, 3.05) is 17.7 Å². The van der Waals surface area contributed by atoms with Crippen molar-refractivity contribution in [3.63, 3.8) is 0 Å². The number of benzene rings is 1. The lowest BCUT2D eigenvalue weighted by atomic mass is 10.2. The Morgan fingerprint density at radius 2 is 2.33 bits per heavy atom. The van der Waals surface area contributed by atoms with Crippen LogP contribution in [0.3, 0.4) is 0 Å². The first-order chi connectivity index (χ1) is 7.04. The van der Waals surface area contributed by atoms with E-state index in [9.17, 15) is 9.18 Å². The molecule has 0 unspecified atom stereocenters. The highest BCUT2D eigenvalue weighted by Gasteiger charge is 2.11. The molecular formula is C9H10ClFN2O2. The van der Waals surface area contributed by atoms with Gasteiger partial charge < -0.3 is 10.5 Å². The quantitative estimate of drug-likeness (QED) is 0.771. The number of carbonyl (C=O) groups is 1. The normalized spacial score (nSPS) is 9.80. The fourth-order valence-electron chi connectivity index (χ4n) is 0.995. The molecule has 0 aromatic heterocycles. The number of carbonyl (C=O) groups excluding carboxylic acids is 1. The number of hydrogen-bond acceptors (Lipinski definition) is 3. The van der Waals surface area contributed by atoms with Gasteiger partial charge in [0.1, 0.15) is 11.5 Å². The highest BCUT2D eigenvalue weighted by atomic mass is 35.5. The molecule has 1 amide bonds. The Morgan fingerprint density at radius 1 is 1.67 bits per heavy atom. The van der Waals surface area contributed by atoms with Crippen molar-refractivity contribution in [2.24, 2.45) is 0 Å². The number of anilines is 2. The highest BCUT2D eigenvalue weighted by Crippen LogP contribution is 2.26. The smallest absolute Gasteiger partial charge is 0.411 e. The molecule has 0 aliphatic heterocycles. The molecule has 0 bridgehead atoms. The van der Waals surface area contributed by atoms with E-state index in [1.165, 1.54) is 6.07 Å². The lowest BCUT2D eigenvalue weighted by Gasteiger charge is -2.09. The monoisotopic (exact) mass is 232 g/mol. The van der Waals surface area contributed by atoms with Gasteiger partial charge in [0.25, 0.3) is 0 Å². The van der Waals surface area contributed by atoms with E-state index < -0.39 is 11.9 Å². The van der Waals surface area contributed by atoms with Crippen LogP contribution in [0.15, 0.2) is 12.1 Å². The van der Waals surface area contributed by atoms with E-state index in [0.29, 0.717) is 0 Å². The summed E-state index contributed by atoms with van der Waals surface area (Å²) >= 11 is 5.56. The minimum atomic E-state index is -0.759. The predicted molar refractivity (Wildman–Crippen MR) is 56.5 cm³/mol. The first-order valence-corrected chi connectivity index (χ1v) is 4.60. The van der Waals surface area contributed by atoms with Crippen molar-refractivity contribution >= 4 is 29.1 Å². The van der Waals surface area contributed by atoms with Gasteiger partial charge in [-0.15, -0.1) is 0 Å². The van der Waals surface area contributed by atoms with Gasteiger partial charge in [0.05, 0.1) is 12.3 Å². The lowest BCUT2D eigenvalue weighted by Crippen LogP contribution is -2.15. The van der Waals surface area contributed by atoms with Crippen molar-refractivity contribution < 1.29 is 13.9 Å². The van der Waals surface area contributed by atoms with E-state index in [1.54, 1.807) is 6.92 Å². The summed E-state index contributed by atoms with van der Waals surface area (Å²) in [5.41, 5.74) is 5.39. The maximum Gasteiger partial charge on any atom is 0.411 e. The van der Waals surface area contributed by atoms with Gasteiger partial charge in [0.15, 0.2) is 0 Å². The van der Waals surface area contributed by atoms with Crippen LogP contribution in [0.25, 0.3) is 0 Å². The number of nitrogens with two attached hydrogens (primary N) is 1. The zero-order valence-electron chi connectivity index (χ0n) is 8.01. The number of nitrogen functional groups attached to an aromatic ring is 1. The van der Waals surface area contributed by atoms with Crippen molar-refractivity contribution in [2.45, 2.75) is 6.92 Å². The van der Waals surface area contributed by atoms with Crippen LogP contribution in [0.4, 0.5) is 20.6 Å². The third-order valence-electron chi connectivity index (χ3n) is 1.59. The van der Waals surface area contributed by atoms with Crippen molar-refractivity contribution in [1.82, 2.24) is 0 Å². The second-order valence-corrected chi connectivity index (χ2v) is 3.13. The molecule has 0 atom stereocenters. The van der Waals surface area contributed by atoms with Gasteiger partial charge in [-0.2, -0.15) is 0 Å². The Hall–Kier alpha value is -1.49. The van der Waals surface area contributed by atoms with Gasteiger partial charge in [-0.1, -0.05) is 11.6 Å². The third kappa shape index (κ3) is 2.99. The molecule has 0 fully saturated rings. The van der Waals surface area contributed by atoms with Gasteiger partial charge in [-0.05, 0) is 19.1 Å². The van der Waals surface area contributed by atoms with Crippen LogP contribution in [-0.2, 0) is 4.74 Å². The highest BCUT2D eigenvalue weighted by molar-refractivity contribution is 6.31. The van der Waals surface area contributed by atoms with Gasteiger partial charge in [-0.25, -0.2) is 9.18 Å². The first kappa shape index (κ1) is 11.6. The Balaban J connectivity index is 2.90. The molecule has 82 valence electrons. The summed E-state index contributed by atoms with van der Waals surface area (Å²) in [5.74, 6) is -0.701. The van der Waals surface area contributed by atoms with E-state index in [0.717, 1.165) is 6.07 Å². The molecule has 15 heavy (non-hydrogen) atoms. The Morgan fingerprint density at radius 3 is 2.87 bits per heavy atom. The maximum atomic E-state index is 13.3. The molecule has 0 heterocycles. The van der Waals surface area contributed by atoms with Gasteiger partial charge >= 0.3 is 6.09 Å². The Kier molecular flexibility index (Phi) is 3.74. The van der Waals surface area contributed by atoms with E-state index in [1.807, 2.05) is 0 Å². The van der Waals surface area contributed by atoms with E-state index >= 15 is 0 Å². The molecule has 0 radical (unpaired) electrons. The largest absolute Gasteiger partial charge is 0.450 e. The lowest BCUT2D eigenvalue weighted by molar-refractivity contribution is 0.168. The van der Waals surface area contributed by atoms with E-state index in [2.05, 4.69) is 10.1 Å². The Labute approximate surface area is 91.2 Å². The SMILES string of the molecule is CCOC(=O)Nc1c(N)cc(Cl)cc1F. The van der Waals surface area contributed by atoms with E-state index in [-0.39, 0.29) is 23.0 Å². The van der Waals surface area contributed by atoms with Gasteiger partial charge in [0, 0.05) is 5.02 Å². The second-order valence-electron chi connectivity index (χ2n) is 2.70. The number of hydrogen-bond donors (Lipinski definition) is 2. The first-order valence-electron chi connectivity index (χ1n) is 4.23. The zero-order chi connectivity index (χ0) is 11.4. The number of halogens is 2. The molecule has 0 aliphatic carbocycles. The molecule has 1 aromatic rings. The van der Waals surface area contributed by atoms with Crippen LogP contribution in [0.1, 0.15) is 6.92 Å². The van der Waals surface area contributed by atoms with Crippen LogP contribution >= 0.6 is 11.6 Å². The minimum absolute atomic E-state index is 0.0491. The van der Waals surface area contributed by atoms with Crippen LogP contribution < -0.4 is 11.1 Å². The standard InChI is InChI=1S/C9H10ClFN2O2/c1-2-15-9(14)13-8-6(11)3-5(10)4-7(8)12/h3-4H,2,12H2,1H3,(H,13,14). The number of ether oxygens (including phenoxy) is 1. The molecule has 0 spiro atoms. The molecular weight excluding hydrogens is 223 g/mol. The average molecular weight is 233 g/mol. The van der Waals surface area contributed by atoms with Gasteiger partial charge in [0.2, 0.25) is 0 Å². The molecule has 1 aromatic carbocycles. The van der Waals surface area contributed by atoms with Crippen LogP contribution in [0.2, 0.25) is 5.02 Å². The molecule has 0 saturated carbocycles.